The van der Waals surface area contributed by atoms with Crippen molar-refractivity contribution in [1.29, 1.82) is 0 Å². The van der Waals surface area contributed by atoms with Gasteiger partial charge in [0.25, 0.3) is 0 Å². The van der Waals surface area contributed by atoms with Crippen molar-refractivity contribution in [2.45, 2.75) is 56.5 Å². The van der Waals surface area contributed by atoms with E-state index in [1.54, 1.807) is 36.4 Å². The Hall–Kier alpha value is -2.25. The molecular formula is C22H26FNO4S. The molecule has 1 heterocycles. The first kappa shape index (κ1) is 21.5. The number of hydrogen-bond acceptors (Lipinski definition) is 3. The predicted octanol–water partition coefficient (Wildman–Crippen LogP) is 4.53. The standard InChI is InChI=1S/C22H26FNO4S/c1-3-16(14-22(25)26)20-12-13-21(17-6-8-18(23)9-7-17)24(20)29(27,28)19-10-4-15(2)5-11-19/h4-11,16,20-21H,3,12-14H2,1-2H3,(H,25,26). The van der Waals surface area contributed by atoms with E-state index in [4.69, 9.17) is 0 Å². The lowest BCUT2D eigenvalue weighted by Crippen LogP contribution is -2.42. The minimum Gasteiger partial charge on any atom is -0.481 e. The fourth-order valence-electron chi connectivity index (χ4n) is 4.21. The van der Waals surface area contributed by atoms with E-state index in [0.29, 0.717) is 19.3 Å². The fourth-order valence-corrected chi connectivity index (χ4v) is 6.13. The summed E-state index contributed by atoms with van der Waals surface area (Å²) in [5.74, 6) is -1.61. The largest absolute Gasteiger partial charge is 0.481 e. The molecule has 29 heavy (non-hydrogen) atoms. The van der Waals surface area contributed by atoms with Crippen molar-refractivity contribution in [2.75, 3.05) is 0 Å². The topological polar surface area (TPSA) is 74.7 Å². The normalized spacial score (nSPS) is 21.2. The summed E-state index contributed by atoms with van der Waals surface area (Å²) in [7, 11) is -3.86. The van der Waals surface area contributed by atoms with Gasteiger partial charge in [-0.3, -0.25) is 4.79 Å². The maximum atomic E-state index is 13.6. The van der Waals surface area contributed by atoms with Crippen molar-refractivity contribution in [1.82, 2.24) is 4.31 Å². The Morgan fingerprint density at radius 1 is 1.14 bits per heavy atom. The molecule has 1 fully saturated rings. The lowest BCUT2D eigenvalue weighted by Gasteiger charge is -2.33. The van der Waals surface area contributed by atoms with Gasteiger partial charge in [-0.15, -0.1) is 0 Å². The SMILES string of the molecule is CCC(CC(=O)O)C1CCC(c2ccc(F)cc2)N1S(=O)(=O)c1ccc(C)cc1. The van der Waals surface area contributed by atoms with Crippen LogP contribution in [0, 0.1) is 18.7 Å². The zero-order chi connectivity index (χ0) is 21.2. The van der Waals surface area contributed by atoms with Crippen molar-refractivity contribution in [3.05, 3.63) is 65.5 Å². The second-order valence-corrected chi connectivity index (χ2v) is 9.47. The summed E-state index contributed by atoms with van der Waals surface area (Å²) < 4.78 is 42.1. The highest BCUT2D eigenvalue weighted by Crippen LogP contribution is 2.44. The highest BCUT2D eigenvalue weighted by molar-refractivity contribution is 7.89. The van der Waals surface area contributed by atoms with Crippen LogP contribution in [0.1, 0.15) is 49.8 Å². The van der Waals surface area contributed by atoms with Crippen LogP contribution in [0.15, 0.2) is 53.4 Å². The maximum absolute atomic E-state index is 13.6. The van der Waals surface area contributed by atoms with E-state index in [9.17, 15) is 22.7 Å². The average molecular weight is 420 g/mol. The van der Waals surface area contributed by atoms with Crippen LogP contribution < -0.4 is 0 Å². The Balaban J connectivity index is 2.07. The lowest BCUT2D eigenvalue weighted by molar-refractivity contribution is -0.138. The van der Waals surface area contributed by atoms with Crippen LogP contribution in [0.3, 0.4) is 0 Å². The van der Waals surface area contributed by atoms with Crippen LogP contribution >= 0.6 is 0 Å². The molecule has 7 heteroatoms. The summed E-state index contributed by atoms with van der Waals surface area (Å²) in [6.45, 7) is 3.77. The molecule has 3 rings (SSSR count). The number of carbonyl (C=O) groups is 1. The molecule has 0 aliphatic carbocycles. The quantitative estimate of drug-likeness (QED) is 0.716. The molecule has 0 saturated carbocycles. The number of aliphatic carboxylic acids is 1. The molecule has 0 radical (unpaired) electrons. The van der Waals surface area contributed by atoms with Crippen molar-refractivity contribution >= 4 is 16.0 Å². The first-order valence-electron chi connectivity index (χ1n) is 9.81. The monoisotopic (exact) mass is 419 g/mol. The van der Waals surface area contributed by atoms with Crippen LogP contribution in [0.25, 0.3) is 0 Å². The Bertz CT molecular complexity index is 957. The van der Waals surface area contributed by atoms with Crippen molar-refractivity contribution < 1.29 is 22.7 Å². The molecule has 3 atom stereocenters. The first-order chi connectivity index (χ1) is 13.7. The number of carboxylic acid groups (broad SMARTS) is 1. The van der Waals surface area contributed by atoms with Gasteiger partial charge in [0.1, 0.15) is 5.82 Å². The average Bonchev–Trinajstić information content (AvgIpc) is 3.12. The third-order valence-electron chi connectivity index (χ3n) is 5.73. The van der Waals surface area contributed by atoms with Gasteiger partial charge in [0, 0.05) is 12.5 Å². The first-order valence-corrected chi connectivity index (χ1v) is 11.3. The second-order valence-electron chi connectivity index (χ2n) is 7.63. The smallest absolute Gasteiger partial charge is 0.303 e. The van der Waals surface area contributed by atoms with E-state index in [0.717, 1.165) is 11.1 Å². The van der Waals surface area contributed by atoms with Crippen LogP contribution in [0.2, 0.25) is 0 Å². The highest BCUT2D eigenvalue weighted by Gasteiger charge is 2.45. The van der Waals surface area contributed by atoms with E-state index >= 15 is 0 Å². The van der Waals surface area contributed by atoms with Crippen molar-refractivity contribution in [3.8, 4) is 0 Å². The Morgan fingerprint density at radius 3 is 2.31 bits per heavy atom. The number of halogens is 1. The number of aryl methyl sites for hydroxylation is 1. The molecule has 0 amide bonds. The molecule has 0 bridgehead atoms. The number of benzene rings is 2. The molecule has 0 aromatic heterocycles. The molecule has 3 unspecified atom stereocenters. The van der Waals surface area contributed by atoms with E-state index in [-0.39, 0.29) is 23.1 Å². The summed E-state index contributed by atoms with van der Waals surface area (Å²) in [6.07, 6.45) is 1.61. The van der Waals surface area contributed by atoms with Crippen LogP contribution in [0.4, 0.5) is 4.39 Å². The maximum Gasteiger partial charge on any atom is 0.303 e. The summed E-state index contributed by atoms with van der Waals surface area (Å²) in [6, 6.07) is 11.7. The Labute approximate surface area is 171 Å². The van der Waals surface area contributed by atoms with Gasteiger partial charge in [-0.25, -0.2) is 12.8 Å². The summed E-state index contributed by atoms with van der Waals surface area (Å²) in [4.78, 5) is 11.6. The zero-order valence-electron chi connectivity index (χ0n) is 16.6. The van der Waals surface area contributed by atoms with Gasteiger partial charge < -0.3 is 5.11 Å². The van der Waals surface area contributed by atoms with E-state index in [1.807, 2.05) is 13.8 Å². The molecule has 1 aliphatic heterocycles. The summed E-state index contributed by atoms with van der Waals surface area (Å²) in [5.41, 5.74) is 1.67. The third kappa shape index (κ3) is 4.51. The molecule has 2 aromatic rings. The molecule has 5 nitrogen and oxygen atoms in total. The second kappa shape index (κ2) is 8.63. The van der Waals surface area contributed by atoms with Gasteiger partial charge in [-0.1, -0.05) is 43.2 Å². The number of rotatable bonds is 7. The highest BCUT2D eigenvalue weighted by atomic mass is 32.2. The minimum absolute atomic E-state index is 0.0861. The number of carboxylic acids is 1. The van der Waals surface area contributed by atoms with Crippen LogP contribution in [-0.4, -0.2) is 29.8 Å². The van der Waals surface area contributed by atoms with Crippen LogP contribution in [-0.2, 0) is 14.8 Å². The van der Waals surface area contributed by atoms with E-state index in [1.165, 1.54) is 16.4 Å². The summed E-state index contributed by atoms with van der Waals surface area (Å²) >= 11 is 0. The lowest BCUT2D eigenvalue weighted by atomic mass is 9.92. The van der Waals surface area contributed by atoms with Gasteiger partial charge in [-0.2, -0.15) is 4.31 Å². The van der Waals surface area contributed by atoms with E-state index < -0.39 is 28.1 Å². The van der Waals surface area contributed by atoms with E-state index in [2.05, 4.69) is 0 Å². The van der Waals surface area contributed by atoms with Gasteiger partial charge in [0.15, 0.2) is 0 Å². The molecule has 0 spiro atoms. The number of nitrogens with zero attached hydrogens (tertiary/aromatic N) is 1. The third-order valence-corrected chi connectivity index (χ3v) is 7.67. The van der Waals surface area contributed by atoms with Crippen molar-refractivity contribution in [3.63, 3.8) is 0 Å². The van der Waals surface area contributed by atoms with Gasteiger partial charge in [0.05, 0.1) is 10.9 Å². The predicted molar refractivity (Wildman–Crippen MR) is 108 cm³/mol. The molecule has 156 valence electrons. The summed E-state index contributed by atoms with van der Waals surface area (Å²) in [5, 5.41) is 9.32. The molecule has 1 saturated heterocycles. The number of sulfonamides is 1. The fraction of sp³-hybridized carbons (Fsp3) is 0.409. The minimum atomic E-state index is -3.86. The molecule has 1 aliphatic rings. The molecule has 2 aromatic carbocycles. The Kier molecular flexibility index (Phi) is 6.39. The van der Waals surface area contributed by atoms with Crippen LogP contribution in [0.5, 0.6) is 0 Å². The van der Waals surface area contributed by atoms with Crippen molar-refractivity contribution in [2.24, 2.45) is 5.92 Å². The van der Waals surface area contributed by atoms with Gasteiger partial charge in [-0.05, 0) is 55.5 Å². The molecular weight excluding hydrogens is 393 g/mol. The number of hydrogen-bond donors (Lipinski definition) is 1. The van der Waals surface area contributed by atoms with Gasteiger partial charge in [0.2, 0.25) is 10.0 Å². The molecule has 1 N–H and O–H groups in total. The zero-order valence-corrected chi connectivity index (χ0v) is 17.4. The Morgan fingerprint density at radius 2 is 1.76 bits per heavy atom. The van der Waals surface area contributed by atoms with Gasteiger partial charge >= 0.3 is 5.97 Å².